The molecule has 1 heterocycles. The molecule has 29 valence electrons. The molecule has 0 aromatic rings. The predicted molar refractivity (Wildman–Crippen MR) is 21.0 cm³/mol. The van der Waals surface area contributed by atoms with Crippen molar-refractivity contribution in [2.75, 3.05) is 0 Å². The van der Waals surface area contributed by atoms with Crippen LogP contribution in [-0.4, -0.2) is 13.2 Å². The third-order valence-electron chi connectivity index (χ3n) is 0.495. The molecule has 1 rings (SSSR count). The Morgan fingerprint density at radius 2 is 2.67 bits per heavy atom. The van der Waals surface area contributed by atoms with Crippen molar-refractivity contribution in [1.82, 2.24) is 0 Å². The lowest BCUT2D eigenvalue weighted by Crippen LogP contribution is -1.98. The van der Waals surface area contributed by atoms with E-state index >= 15 is 0 Å². The molecule has 1 aliphatic heterocycles. The summed E-state index contributed by atoms with van der Waals surface area (Å²) in [5.41, 5.74) is -0.0741. The highest BCUT2D eigenvalue weighted by molar-refractivity contribution is 6.72. The largest absolute Gasteiger partial charge is 0.561 e. The third kappa shape index (κ3) is 0.430. The van der Waals surface area contributed by atoms with Gasteiger partial charge in [0.2, 0.25) is 0 Å². The number of rotatable bonds is 0. The van der Waals surface area contributed by atoms with Crippen LogP contribution in [0.15, 0.2) is 12.3 Å². The van der Waals surface area contributed by atoms with Gasteiger partial charge in [-0.25, -0.2) is 0 Å². The second-order valence-electron chi connectivity index (χ2n) is 0.959. The van der Waals surface area contributed by atoms with Crippen LogP contribution < -0.4 is 0 Å². The molecule has 2 nitrogen and oxygen atoms in total. The highest BCUT2D eigenvalue weighted by atomic mass is 16.4. The van der Waals surface area contributed by atoms with Crippen molar-refractivity contribution in [3.63, 3.8) is 0 Å². The monoisotopic (exact) mass is 81.0 g/mol. The minimum Gasteiger partial charge on any atom is -0.561 e. The lowest BCUT2D eigenvalue weighted by atomic mass is 9.97. The Morgan fingerprint density at radius 1 is 1.83 bits per heavy atom. The van der Waals surface area contributed by atoms with Gasteiger partial charge in [-0.15, -0.1) is 0 Å². The quantitative estimate of drug-likeness (QED) is 0.373. The molecule has 0 spiro atoms. The minimum absolute atomic E-state index is 0.0741. The summed E-state index contributed by atoms with van der Waals surface area (Å²) >= 11 is 0. The zero-order valence-corrected chi connectivity index (χ0v) is 3.05. The Bertz CT molecular complexity index is 97.0. The van der Waals surface area contributed by atoms with E-state index in [-0.39, 0.29) is 5.68 Å². The van der Waals surface area contributed by atoms with Gasteiger partial charge in [-0.3, -0.25) is 0 Å². The SMILES string of the molecule is O=C1[B]OC=C1. The van der Waals surface area contributed by atoms with E-state index in [4.69, 9.17) is 0 Å². The summed E-state index contributed by atoms with van der Waals surface area (Å²) < 4.78 is 4.40. The molecule has 0 saturated carbocycles. The van der Waals surface area contributed by atoms with E-state index in [1.165, 1.54) is 12.3 Å². The van der Waals surface area contributed by atoms with E-state index in [2.05, 4.69) is 4.65 Å². The molecule has 0 amide bonds. The molecule has 0 aromatic carbocycles. The van der Waals surface area contributed by atoms with Gasteiger partial charge in [0.1, 0.15) is 0 Å². The highest BCUT2D eigenvalue weighted by Gasteiger charge is 2.05. The van der Waals surface area contributed by atoms with E-state index in [9.17, 15) is 4.79 Å². The average Bonchev–Trinajstić information content (AvgIpc) is 1.86. The van der Waals surface area contributed by atoms with Crippen molar-refractivity contribution in [3.05, 3.63) is 12.3 Å². The van der Waals surface area contributed by atoms with Crippen molar-refractivity contribution in [1.29, 1.82) is 0 Å². The van der Waals surface area contributed by atoms with Crippen LogP contribution in [0.3, 0.4) is 0 Å². The van der Waals surface area contributed by atoms with Crippen LogP contribution in [0, 0.1) is 0 Å². The van der Waals surface area contributed by atoms with Crippen LogP contribution in [0.5, 0.6) is 0 Å². The summed E-state index contributed by atoms with van der Waals surface area (Å²) in [7, 11) is 1.15. The summed E-state index contributed by atoms with van der Waals surface area (Å²) in [5.74, 6) is 0. The number of carbonyl (C=O) groups excluding carboxylic acids is 1. The van der Waals surface area contributed by atoms with Gasteiger partial charge in [0.15, 0.2) is 5.68 Å². The molecule has 0 atom stereocenters. The Morgan fingerprint density at radius 3 is 2.83 bits per heavy atom. The molecule has 0 fully saturated rings. The lowest BCUT2D eigenvalue weighted by molar-refractivity contribution is -0.108. The van der Waals surface area contributed by atoms with Gasteiger partial charge < -0.3 is 9.45 Å². The summed E-state index contributed by atoms with van der Waals surface area (Å²) in [6.45, 7) is 0. The van der Waals surface area contributed by atoms with Crippen LogP contribution in [0.2, 0.25) is 0 Å². The molecule has 0 saturated heterocycles. The fourth-order valence-corrected chi connectivity index (χ4v) is 0.252. The Balaban J connectivity index is 2.59. The summed E-state index contributed by atoms with van der Waals surface area (Å²) in [4.78, 5) is 9.98. The first kappa shape index (κ1) is 3.46. The van der Waals surface area contributed by atoms with Crippen LogP contribution >= 0.6 is 0 Å². The molecule has 0 aliphatic carbocycles. The van der Waals surface area contributed by atoms with Crippen molar-refractivity contribution in [2.24, 2.45) is 0 Å². The summed E-state index contributed by atoms with van der Waals surface area (Å²) in [6.07, 6.45) is 2.71. The normalized spacial score (nSPS) is 17.0. The maximum Gasteiger partial charge on any atom is 0.456 e. The van der Waals surface area contributed by atoms with E-state index in [1.54, 1.807) is 0 Å². The maximum absolute atomic E-state index is 9.98. The summed E-state index contributed by atoms with van der Waals surface area (Å²) in [5, 5.41) is 0. The van der Waals surface area contributed by atoms with Crippen molar-refractivity contribution in [3.8, 4) is 0 Å². The van der Waals surface area contributed by atoms with Gasteiger partial charge in [-0.05, 0) is 0 Å². The number of carbonyl (C=O) groups is 1. The Kier molecular flexibility index (Phi) is 0.672. The van der Waals surface area contributed by atoms with E-state index in [0.717, 1.165) is 7.48 Å². The Labute approximate surface area is 36.1 Å². The molecule has 1 aliphatic rings. The van der Waals surface area contributed by atoms with Crippen LogP contribution in [0.25, 0.3) is 0 Å². The predicted octanol–water partition coefficient (Wildman–Crippen LogP) is -0.324. The minimum atomic E-state index is -0.0741. The van der Waals surface area contributed by atoms with Crippen LogP contribution in [-0.2, 0) is 9.45 Å². The van der Waals surface area contributed by atoms with Gasteiger partial charge in [-0.2, -0.15) is 0 Å². The van der Waals surface area contributed by atoms with Gasteiger partial charge in [0.25, 0.3) is 0 Å². The fraction of sp³-hybridized carbons (Fsp3) is 0. The van der Waals surface area contributed by atoms with E-state index < -0.39 is 0 Å². The molecule has 1 radical (unpaired) electrons. The van der Waals surface area contributed by atoms with Crippen LogP contribution in [0.4, 0.5) is 0 Å². The zero-order chi connectivity index (χ0) is 4.41. The molecule has 0 bridgehead atoms. The summed E-state index contributed by atoms with van der Waals surface area (Å²) in [6, 6.07) is 0. The number of hydrogen-bond acceptors (Lipinski definition) is 2. The second-order valence-corrected chi connectivity index (χ2v) is 0.959. The van der Waals surface area contributed by atoms with Crippen LogP contribution in [0.1, 0.15) is 0 Å². The molecular formula is C3H2BO2. The van der Waals surface area contributed by atoms with Gasteiger partial charge in [0, 0.05) is 6.08 Å². The van der Waals surface area contributed by atoms with Crippen molar-refractivity contribution >= 4 is 13.2 Å². The molecule has 0 N–H and O–H groups in total. The van der Waals surface area contributed by atoms with Gasteiger partial charge >= 0.3 is 7.48 Å². The zero-order valence-electron chi connectivity index (χ0n) is 3.05. The van der Waals surface area contributed by atoms with E-state index in [1.807, 2.05) is 0 Å². The molecule has 6 heavy (non-hydrogen) atoms. The first-order valence-corrected chi connectivity index (χ1v) is 1.59. The first-order chi connectivity index (χ1) is 2.89. The smallest absolute Gasteiger partial charge is 0.456 e. The van der Waals surface area contributed by atoms with E-state index in [0.29, 0.717) is 0 Å². The lowest BCUT2D eigenvalue weighted by Gasteiger charge is -1.75. The molecule has 3 heteroatoms. The number of allylic oxidation sites excluding steroid dienone is 1. The molecule has 0 unspecified atom stereocenters. The average molecular weight is 80.9 g/mol. The highest BCUT2D eigenvalue weighted by Crippen LogP contribution is 1.86. The Hall–Kier alpha value is -0.725. The third-order valence-corrected chi connectivity index (χ3v) is 0.495. The molecule has 0 aromatic heterocycles. The first-order valence-electron chi connectivity index (χ1n) is 1.59. The van der Waals surface area contributed by atoms with Gasteiger partial charge in [-0.1, -0.05) is 0 Å². The standard InChI is InChI=1S/C3H2BO2/c5-3-1-2-6-4-3/h1-2H. The second kappa shape index (κ2) is 1.16. The topological polar surface area (TPSA) is 26.3 Å². The van der Waals surface area contributed by atoms with Crippen molar-refractivity contribution < 1.29 is 9.45 Å². The van der Waals surface area contributed by atoms with Gasteiger partial charge in [0.05, 0.1) is 6.26 Å². The number of hydrogen-bond donors (Lipinski definition) is 0. The van der Waals surface area contributed by atoms with Crippen molar-refractivity contribution in [2.45, 2.75) is 0 Å². The fourth-order valence-electron chi connectivity index (χ4n) is 0.252. The molecular weight excluding hydrogens is 78.8 g/mol. The maximum atomic E-state index is 9.98.